The molecule has 0 N–H and O–H groups in total. The average Bonchev–Trinajstić information content (AvgIpc) is 2.06. The summed E-state index contributed by atoms with van der Waals surface area (Å²) in [6, 6.07) is 9.31. The van der Waals surface area contributed by atoms with Crippen molar-refractivity contribution in [2.75, 3.05) is 13.7 Å². The molecule has 1 nitrogen and oxygen atoms in total. The van der Waals surface area contributed by atoms with Crippen LogP contribution in [0.5, 0.6) is 0 Å². The van der Waals surface area contributed by atoms with E-state index >= 15 is 0 Å². The molecule has 0 aromatic heterocycles. The number of hydrogen-bond donors (Lipinski definition) is 0. The lowest BCUT2D eigenvalue weighted by Crippen LogP contribution is -1.87. The van der Waals surface area contributed by atoms with Crippen molar-refractivity contribution in [1.29, 1.82) is 0 Å². The highest BCUT2D eigenvalue weighted by atomic mass is 19.1. The zero-order valence-electron chi connectivity index (χ0n) is 6.96. The van der Waals surface area contributed by atoms with Crippen molar-refractivity contribution in [3.63, 3.8) is 0 Å². The summed E-state index contributed by atoms with van der Waals surface area (Å²) in [5.74, 6) is -0.260. The Bertz CT molecular complexity index is 254. The van der Waals surface area contributed by atoms with Gasteiger partial charge in [-0.1, -0.05) is 30.3 Å². The molecule has 64 valence electrons. The van der Waals surface area contributed by atoms with Crippen molar-refractivity contribution >= 4 is 6.08 Å². The van der Waals surface area contributed by atoms with Gasteiger partial charge in [-0.15, -0.1) is 0 Å². The van der Waals surface area contributed by atoms with E-state index in [1.165, 1.54) is 13.2 Å². The number of hydrogen-bond acceptors (Lipinski definition) is 1. The summed E-state index contributed by atoms with van der Waals surface area (Å²) in [5.41, 5.74) is 0.854. The monoisotopic (exact) mass is 166 g/mol. The molecule has 0 saturated heterocycles. The van der Waals surface area contributed by atoms with Gasteiger partial charge in [0, 0.05) is 7.11 Å². The molecule has 0 aliphatic carbocycles. The largest absolute Gasteiger partial charge is 0.378 e. The number of halogens is 1. The highest BCUT2D eigenvalue weighted by Gasteiger charge is 1.92. The van der Waals surface area contributed by atoms with E-state index in [1.807, 2.05) is 30.3 Å². The maximum absolute atomic E-state index is 12.8. The molecule has 0 aliphatic rings. The Kier molecular flexibility index (Phi) is 3.48. The van der Waals surface area contributed by atoms with Gasteiger partial charge in [-0.25, -0.2) is 4.39 Å². The van der Waals surface area contributed by atoms with E-state index in [0.29, 0.717) is 0 Å². The molecule has 12 heavy (non-hydrogen) atoms. The minimum atomic E-state index is -0.260. The molecule has 1 aromatic carbocycles. The third kappa shape index (κ3) is 2.84. The average molecular weight is 166 g/mol. The summed E-state index contributed by atoms with van der Waals surface area (Å²) in [7, 11) is 1.47. The summed E-state index contributed by atoms with van der Waals surface area (Å²) >= 11 is 0. The molecule has 0 amide bonds. The molecule has 0 fully saturated rings. The highest BCUT2D eigenvalue weighted by Crippen LogP contribution is 2.07. The Morgan fingerprint density at radius 2 is 2.08 bits per heavy atom. The van der Waals surface area contributed by atoms with Gasteiger partial charge < -0.3 is 4.74 Å². The topological polar surface area (TPSA) is 9.23 Å². The first-order chi connectivity index (χ1) is 5.83. The number of benzene rings is 1. The van der Waals surface area contributed by atoms with Gasteiger partial charge in [-0.2, -0.15) is 0 Å². The fourth-order valence-corrected chi connectivity index (χ4v) is 0.910. The van der Waals surface area contributed by atoms with Crippen LogP contribution in [0.25, 0.3) is 6.08 Å². The number of ether oxygens (including phenoxy) is 1. The van der Waals surface area contributed by atoms with Crippen LogP contribution in [-0.2, 0) is 4.74 Å². The van der Waals surface area contributed by atoms with E-state index in [9.17, 15) is 4.39 Å². The summed E-state index contributed by atoms with van der Waals surface area (Å²) in [4.78, 5) is 0. The normalized spacial score (nSPS) is 11.7. The molecule has 0 bridgehead atoms. The van der Waals surface area contributed by atoms with Crippen LogP contribution in [0.4, 0.5) is 4.39 Å². The standard InChI is InChI=1S/C10H11FO/c1-12-8-10(11)7-9-5-3-2-4-6-9/h2-7H,8H2,1H3/b10-7-. The van der Waals surface area contributed by atoms with E-state index < -0.39 is 0 Å². The van der Waals surface area contributed by atoms with Gasteiger partial charge in [0.2, 0.25) is 0 Å². The van der Waals surface area contributed by atoms with Gasteiger partial charge >= 0.3 is 0 Å². The Hall–Kier alpha value is -1.15. The lowest BCUT2D eigenvalue weighted by molar-refractivity contribution is 0.207. The third-order valence-corrected chi connectivity index (χ3v) is 1.41. The first-order valence-corrected chi connectivity index (χ1v) is 3.73. The van der Waals surface area contributed by atoms with Crippen LogP contribution in [0.3, 0.4) is 0 Å². The van der Waals surface area contributed by atoms with E-state index in [4.69, 9.17) is 0 Å². The minimum Gasteiger partial charge on any atom is -0.378 e. The Labute approximate surface area is 71.5 Å². The zero-order valence-corrected chi connectivity index (χ0v) is 6.96. The Morgan fingerprint density at radius 1 is 1.42 bits per heavy atom. The van der Waals surface area contributed by atoms with Gasteiger partial charge in [0.25, 0.3) is 0 Å². The van der Waals surface area contributed by atoms with E-state index in [0.717, 1.165) is 5.56 Å². The molecule has 0 heterocycles. The summed E-state index contributed by atoms with van der Waals surface area (Å²) in [5, 5.41) is 0. The number of rotatable bonds is 3. The quantitative estimate of drug-likeness (QED) is 0.670. The summed E-state index contributed by atoms with van der Waals surface area (Å²) < 4.78 is 17.5. The minimum absolute atomic E-state index is 0.0366. The third-order valence-electron chi connectivity index (χ3n) is 1.41. The molecule has 0 unspecified atom stereocenters. The Morgan fingerprint density at radius 3 is 2.67 bits per heavy atom. The molecule has 0 radical (unpaired) electrons. The van der Waals surface area contributed by atoms with E-state index in [2.05, 4.69) is 4.74 Å². The molecular formula is C10H11FO. The predicted molar refractivity (Wildman–Crippen MR) is 47.4 cm³/mol. The van der Waals surface area contributed by atoms with Gasteiger partial charge in [-0.05, 0) is 11.6 Å². The molecular weight excluding hydrogens is 155 g/mol. The van der Waals surface area contributed by atoms with E-state index in [1.54, 1.807) is 0 Å². The van der Waals surface area contributed by atoms with Crippen LogP contribution >= 0.6 is 0 Å². The lowest BCUT2D eigenvalue weighted by Gasteiger charge is -1.95. The molecule has 0 spiro atoms. The second-order valence-electron chi connectivity index (χ2n) is 2.43. The molecule has 0 saturated carbocycles. The highest BCUT2D eigenvalue weighted by molar-refractivity contribution is 5.50. The zero-order chi connectivity index (χ0) is 8.81. The van der Waals surface area contributed by atoms with Gasteiger partial charge in [0.05, 0.1) is 6.61 Å². The van der Waals surface area contributed by atoms with Crippen molar-refractivity contribution in [2.45, 2.75) is 0 Å². The fraction of sp³-hybridized carbons (Fsp3) is 0.200. The summed E-state index contributed by atoms with van der Waals surface area (Å²) in [6.07, 6.45) is 1.46. The second-order valence-corrected chi connectivity index (χ2v) is 2.43. The number of methoxy groups -OCH3 is 1. The molecule has 1 rings (SSSR count). The van der Waals surface area contributed by atoms with Crippen molar-refractivity contribution in [3.05, 3.63) is 41.7 Å². The van der Waals surface area contributed by atoms with Gasteiger partial charge in [0.15, 0.2) is 0 Å². The molecule has 0 aliphatic heterocycles. The van der Waals surface area contributed by atoms with Crippen LogP contribution < -0.4 is 0 Å². The van der Waals surface area contributed by atoms with Crippen molar-refractivity contribution in [1.82, 2.24) is 0 Å². The lowest BCUT2D eigenvalue weighted by atomic mass is 10.2. The van der Waals surface area contributed by atoms with E-state index in [-0.39, 0.29) is 12.4 Å². The Balaban J connectivity index is 2.67. The van der Waals surface area contributed by atoms with Crippen LogP contribution in [0.15, 0.2) is 36.2 Å². The van der Waals surface area contributed by atoms with Crippen LogP contribution in [0.2, 0.25) is 0 Å². The van der Waals surface area contributed by atoms with Crippen LogP contribution in [-0.4, -0.2) is 13.7 Å². The molecule has 0 atom stereocenters. The van der Waals surface area contributed by atoms with Crippen LogP contribution in [0.1, 0.15) is 5.56 Å². The SMILES string of the molecule is COC/C(F)=C/c1ccccc1. The molecule has 2 heteroatoms. The van der Waals surface area contributed by atoms with Crippen molar-refractivity contribution in [3.8, 4) is 0 Å². The van der Waals surface area contributed by atoms with Gasteiger partial charge in [-0.3, -0.25) is 0 Å². The first-order valence-electron chi connectivity index (χ1n) is 3.73. The predicted octanol–water partition coefficient (Wildman–Crippen LogP) is 2.64. The summed E-state index contributed by atoms with van der Waals surface area (Å²) in [6.45, 7) is 0.0366. The maximum atomic E-state index is 12.8. The fourth-order valence-electron chi connectivity index (χ4n) is 0.910. The first kappa shape index (κ1) is 8.94. The molecule has 1 aromatic rings. The van der Waals surface area contributed by atoms with Crippen molar-refractivity contribution < 1.29 is 9.13 Å². The second kappa shape index (κ2) is 4.67. The van der Waals surface area contributed by atoms with Crippen molar-refractivity contribution in [2.24, 2.45) is 0 Å². The van der Waals surface area contributed by atoms with Gasteiger partial charge in [0.1, 0.15) is 5.83 Å². The maximum Gasteiger partial charge on any atom is 0.126 e. The van der Waals surface area contributed by atoms with Crippen LogP contribution in [0, 0.1) is 0 Å². The smallest absolute Gasteiger partial charge is 0.126 e.